The van der Waals surface area contributed by atoms with Gasteiger partial charge in [-0.2, -0.15) is 0 Å². The highest BCUT2D eigenvalue weighted by atomic mass is 16.5. The minimum atomic E-state index is -0.717. The molecule has 0 aromatic heterocycles. The molecule has 2 N–H and O–H groups in total. The van der Waals surface area contributed by atoms with Gasteiger partial charge in [-0.3, -0.25) is 4.79 Å². The molecule has 1 saturated carbocycles. The van der Waals surface area contributed by atoms with Gasteiger partial charge in [-0.1, -0.05) is 0 Å². The van der Waals surface area contributed by atoms with Crippen molar-refractivity contribution >= 4 is 5.97 Å². The quantitative estimate of drug-likeness (QED) is 0.561. The molecule has 1 aliphatic rings. The highest BCUT2D eigenvalue weighted by Crippen LogP contribution is 2.38. The zero-order valence-corrected chi connectivity index (χ0v) is 6.90. The van der Waals surface area contributed by atoms with Crippen LogP contribution < -0.4 is 0 Å². The van der Waals surface area contributed by atoms with Gasteiger partial charge in [0.05, 0.1) is 12.5 Å². The van der Waals surface area contributed by atoms with Gasteiger partial charge in [0.15, 0.2) is 0 Å². The van der Waals surface area contributed by atoms with Crippen molar-refractivity contribution in [3.63, 3.8) is 0 Å². The Balaban J connectivity index is 1.93. The van der Waals surface area contributed by atoms with Crippen LogP contribution in [0.1, 0.15) is 12.8 Å². The summed E-state index contributed by atoms with van der Waals surface area (Å²) in [4.78, 5) is 10.4. The average molecular weight is 174 g/mol. The average Bonchev–Trinajstić information content (AvgIpc) is 2.77. The van der Waals surface area contributed by atoms with E-state index in [2.05, 4.69) is 0 Å². The Morgan fingerprint density at radius 2 is 2.33 bits per heavy atom. The summed E-state index contributed by atoms with van der Waals surface area (Å²) in [6.45, 7) is 1.18. The van der Waals surface area contributed by atoms with Crippen LogP contribution in [0.4, 0.5) is 0 Å². The second-order valence-corrected chi connectivity index (χ2v) is 3.09. The van der Waals surface area contributed by atoms with Crippen molar-refractivity contribution in [2.75, 3.05) is 19.8 Å². The van der Waals surface area contributed by atoms with Crippen LogP contribution in [0.2, 0.25) is 0 Å². The second-order valence-electron chi connectivity index (χ2n) is 3.09. The Hall–Kier alpha value is -0.610. The van der Waals surface area contributed by atoms with Crippen LogP contribution in [-0.4, -0.2) is 36.0 Å². The molecule has 12 heavy (non-hydrogen) atoms. The molecule has 1 aliphatic carbocycles. The summed E-state index contributed by atoms with van der Waals surface area (Å²) in [6.07, 6.45) is 1.37. The van der Waals surface area contributed by atoms with E-state index in [9.17, 15) is 4.79 Å². The normalized spacial score (nSPS) is 27.1. The lowest BCUT2D eigenvalue weighted by Gasteiger charge is -2.00. The molecule has 70 valence electrons. The number of aliphatic carboxylic acids is 1. The van der Waals surface area contributed by atoms with Gasteiger partial charge in [0.25, 0.3) is 0 Å². The predicted molar refractivity (Wildman–Crippen MR) is 41.8 cm³/mol. The maximum atomic E-state index is 10.4. The number of rotatable bonds is 6. The third-order valence-electron chi connectivity index (χ3n) is 2.02. The summed E-state index contributed by atoms with van der Waals surface area (Å²) >= 11 is 0. The molecule has 0 spiro atoms. The summed E-state index contributed by atoms with van der Waals surface area (Å²) in [7, 11) is 0. The largest absolute Gasteiger partial charge is 0.481 e. The van der Waals surface area contributed by atoms with Gasteiger partial charge >= 0.3 is 5.97 Å². The molecule has 0 saturated heterocycles. The molecule has 0 radical (unpaired) electrons. The Morgan fingerprint density at radius 3 is 2.83 bits per heavy atom. The lowest BCUT2D eigenvalue weighted by atomic mass is 10.3. The van der Waals surface area contributed by atoms with Gasteiger partial charge in [-0.15, -0.1) is 0 Å². The SMILES string of the molecule is O=C(O)[C@H]1CC1COCCCO. The number of ether oxygens (including phenoxy) is 1. The minimum Gasteiger partial charge on any atom is -0.481 e. The van der Waals surface area contributed by atoms with Crippen molar-refractivity contribution in [3.8, 4) is 0 Å². The maximum Gasteiger partial charge on any atom is 0.306 e. The highest BCUT2D eigenvalue weighted by Gasteiger charge is 2.42. The molecule has 0 aromatic rings. The molecule has 0 aliphatic heterocycles. The third-order valence-corrected chi connectivity index (χ3v) is 2.02. The molecule has 4 heteroatoms. The van der Waals surface area contributed by atoms with Crippen molar-refractivity contribution in [2.24, 2.45) is 11.8 Å². The smallest absolute Gasteiger partial charge is 0.306 e. The Bertz CT molecular complexity index is 157. The van der Waals surface area contributed by atoms with Gasteiger partial charge in [-0.05, 0) is 18.8 Å². The fourth-order valence-electron chi connectivity index (χ4n) is 1.14. The molecule has 1 unspecified atom stereocenters. The standard InChI is InChI=1S/C8H14O4/c9-2-1-3-12-5-6-4-7(6)8(10)11/h6-7,9H,1-5H2,(H,10,11)/t6?,7-/m0/s1. The first-order chi connectivity index (χ1) is 5.75. The summed E-state index contributed by atoms with van der Waals surface area (Å²) in [6, 6.07) is 0. The Kier molecular flexibility index (Phi) is 3.49. The van der Waals surface area contributed by atoms with E-state index >= 15 is 0 Å². The maximum absolute atomic E-state index is 10.4. The fraction of sp³-hybridized carbons (Fsp3) is 0.875. The monoisotopic (exact) mass is 174 g/mol. The van der Waals surface area contributed by atoms with Gasteiger partial charge in [0.2, 0.25) is 0 Å². The first kappa shape index (κ1) is 9.48. The first-order valence-corrected chi connectivity index (χ1v) is 4.17. The number of carboxylic acid groups (broad SMARTS) is 1. The minimum absolute atomic E-state index is 0.132. The molecular weight excluding hydrogens is 160 g/mol. The molecule has 4 nitrogen and oxygen atoms in total. The molecule has 1 fully saturated rings. The molecule has 0 heterocycles. The zero-order valence-electron chi connectivity index (χ0n) is 6.90. The summed E-state index contributed by atoms with van der Waals surface area (Å²) in [5.74, 6) is -0.689. The zero-order chi connectivity index (χ0) is 8.97. The van der Waals surface area contributed by atoms with E-state index in [0.717, 1.165) is 6.42 Å². The van der Waals surface area contributed by atoms with Crippen molar-refractivity contribution in [3.05, 3.63) is 0 Å². The van der Waals surface area contributed by atoms with E-state index in [-0.39, 0.29) is 18.4 Å². The van der Waals surface area contributed by atoms with Crippen LogP contribution in [-0.2, 0) is 9.53 Å². The molecular formula is C8H14O4. The Labute approximate surface area is 71.2 Å². The molecule has 0 bridgehead atoms. The summed E-state index contributed by atoms with van der Waals surface area (Å²) < 4.78 is 5.16. The van der Waals surface area contributed by atoms with Crippen LogP contribution in [0, 0.1) is 11.8 Å². The summed E-state index contributed by atoms with van der Waals surface area (Å²) in [5, 5.41) is 16.9. The van der Waals surface area contributed by atoms with Crippen LogP contribution in [0.5, 0.6) is 0 Å². The second kappa shape index (κ2) is 4.42. The van der Waals surface area contributed by atoms with Crippen LogP contribution in [0.3, 0.4) is 0 Å². The number of carboxylic acids is 1. The first-order valence-electron chi connectivity index (χ1n) is 4.17. The van der Waals surface area contributed by atoms with Crippen molar-refractivity contribution in [1.29, 1.82) is 0 Å². The number of aliphatic hydroxyl groups is 1. The number of aliphatic hydroxyl groups excluding tert-OH is 1. The molecule has 0 amide bonds. The summed E-state index contributed by atoms with van der Waals surface area (Å²) in [5.41, 5.74) is 0. The molecule has 2 atom stereocenters. The van der Waals surface area contributed by atoms with Gasteiger partial charge in [-0.25, -0.2) is 0 Å². The van der Waals surface area contributed by atoms with Gasteiger partial charge < -0.3 is 14.9 Å². The number of hydrogen-bond donors (Lipinski definition) is 2. The lowest BCUT2D eigenvalue weighted by Crippen LogP contribution is -2.05. The third kappa shape index (κ3) is 2.79. The topological polar surface area (TPSA) is 66.8 Å². The van der Waals surface area contributed by atoms with E-state index in [1.165, 1.54) is 0 Å². The van der Waals surface area contributed by atoms with Crippen molar-refractivity contribution in [2.45, 2.75) is 12.8 Å². The predicted octanol–water partition coefficient (Wildman–Crippen LogP) is 0.106. The van der Waals surface area contributed by atoms with E-state index in [0.29, 0.717) is 19.6 Å². The molecule has 0 aromatic carbocycles. The highest BCUT2D eigenvalue weighted by molar-refractivity contribution is 5.73. The van der Waals surface area contributed by atoms with E-state index in [1.807, 2.05) is 0 Å². The number of hydrogen-bond acceptors (Lipinski definition) is 3. The van der Waals surface area contributed by atoms with Gasteiger partial charge in [0, 0.05) is 13.2 Å². The lowest BCUT2D eigenvalue weighted by molar-refractivity contribution is -0.139. The van der Waals surface area contributed by atoms with Gasteiger partial charge in [0.1, 0.15) is 0 Å². The molecule has 1 rings (SSSR count). The van der Waals surface area contributed by atoms with Crippen LogP contribution in [0.25, 0.3) is 0 Å². The van der Waals surface area contributed by atoms with Crippen LogP contribution in [0.15, 0.2) is 0 Å². The fourth-order valence-corrected chi connectivity index (χ4v) is 1.14. The van der Waals surface area contributed by atoms with E-state index < -0.39 is 5.97 Å². The van der Waals surface area contributed by atoms with Crippen LogP contribution >= 0.6 is 0 Å². The van der Waals surface area contributed by atoms with Crippen molar-refractivity contribution in [1.82, 2.24) is 0 Å². The van der Waals surface area contributed by atoms with E-state index in [1.54, 1.807) is 0 Å². The van der Waals surface area contributed by atoms with E-state index in [4.69, 9.17) is 14.9 Å². The number of carbonyl (C=O) groups is 1. The Morgan fingerprint density at radius 1 is 1.58 bits per heavy atom. The van der Waals surface area contributed by atoms with Crippen molar-refractivity contribution < 1.29 is 19.7 Å².